The zero-order valence-electron chi connectivity index (χ0n) is 16.7. The molecule has 0 heterocycles. The van der Waals surface area contributed by atoms with Crippen molar-refractivity contribution >= 4 is 23.7 Å². The highest BCUT2D eigenvalue weighted by atomic mass is 35.5. The molecule has 0 aromatic heterocycles. The third-order valence-corrected chi connectivity index (χ3v) is 4.39. The summed E-state index contributed by atoms with van der Waals surface area (Å²) in [6.07, 6.45) is 14.6. The highest BCUT2D eigenvalue weighted by Crippen LogP contribution is 2.11. The van der Waals surface area contributed by atoms with Gasteiger partial charge in [0.1, 0.15) is 12.6 Å². The first-order valence-corrected chi connectivity index (χ1v) is 10.8. The van der Waals surface area contributed by atoms with Gasteiger partial charge in [-0.05, 0) is 13.3 Å². The molecule has 0 aliphatic carbocycles. The van der Waals surface area contributed by atoms with Gasteiger partial charge in [-0.15, -0.1) is 11.6 Å². The van der Waals surface area contributed by atoms with E-state index in [1.54, 1.807) is 6.92 Å². The number of alkyl carbamates (subject to hydrolysis) is 1. The summed E-state index contributed by atoms with van der Waals surface area (Å²) in [6, 6.07) is -0.713. The molecule has 154 valence electrons. The lowest BCUT2D eigenvalue weighted by molar-refractivity contribution is -0.145. The second-order valence-electron chi connectivity index (χ2n) is 6.75. The molecule has 26 heavy (non-hydrogen) atoms. The van der Waals surface area contributed by atoms with Crippen LogP contribution in [-0.2, 0) is 14.3 Å². The van der Waals surface area contributed by atoms with Gasteiger partial charge in [0.2, 0.25) is 0 Å². The van der Waals surface area contributed by atoms with Gasteiger partial charge in [0.15, 0.2) is 0 Å². The van der Waals surface area contributed by atoms with E-state index in [-0.39, 0.29) is 12.5 Å². The summed E-state index contributed by atoms with van der Waals surface area (Å²) in [5.41, 5.74) is 0. The Kier molecular flexibility index (Phi) is 18.1. The Morgan fingerprint density at radius 2 is 1.31 bits per heavy atom. The van der Waals surface area contributed by atoms with Crippen molar-refractivity contribution in [1.29, 1.82) is 0 Å². The van der Waals surface area contributed by atoms with Gasteiger partial charge in [0.25, 0.3) is 0 Å². The van der Waals surface area contributed by atoms with Gasteiger partial charge in [-0.2, -0.15) is 0 Å². The fraction of sp³-hybridized carbons (Fsp3) is 0.900. The number of alkyl halides is 1. The maximum Gasteiger partial charge on any atom is 0.407 e. The summed E-state index contributed by atoms with van der Waals surface area (Å²) < 4.78 is 9.91. The van der Waals surface area contributed by atoms with Crippen LogP contribution < -0.4 is 5.32 Å². The van der Waals surface area contributed by atoms with E-state index in [4.69, 9.17) is 21.1 Å². The van der Waals surface area contributed by atoms with Crippen molar-refractivity contribution in [3.63, 3.8) is 0 Å². The van der Waals surface area contributed by atoms with Gasteiger partial charge in [0, 0.05) is 0 Å². The molecule has 0 spiro atoms. The Bertz CT molecular complexity index is 353. The summed E-state index contributed by atoms with van der Waals surface area (Å²) in [7, 11) is 0. The molecule has 0 radical (unpaired) electrons. The first-order chi connectivity index (χ1) is 12.6. The Morgan fingerprint density at radius 1 is 0.808 bits per heavy atom. The summed E-state index contributed by atoms with van der Waals surface area (Å²) in [5, 5.41) is 2.42. The number of carbonyl (C=O) groups is 2. The number of halogens is 1. The van der Waals surface area contributed by atoms with Crippen molar-refractivity contribution < 1.29 is 19.1 Å². The predicted octanol–water partition coefficient (Wildman–Crippen LogP) is 5.58. The van der Waals surface area contributed by atoms with E-state index in [1.165, 1.54) is 64.2 Å². The molecule has 5 nitrogen and oxygen atoms in total. The molecule has 1 atom stereocenters. The normalized spacial score (nSPS) is 11.8. The lowest BCUT2D eigenvalue weighted by atomic mass is 10.1. The first kappa shape index (κ1) is 25.0. The molecule has 0 fully saturated rings. The van der Waals surface area contributed by atoms with Crippen molar-refractivity contribution in [2.24, 2.45) is 0 Å². The molecule has 1 amide bonds. The minimum absolute atomic E-state index is 0.119. The standard InChI is InChI=1S/C20H38ClNO4/c1-3-4-5-6-7-8-9-10-11-12-13-14-16-25-19(23)18(2)22-20(24)26-17-15-21/h18H,3-17H2,1-2H3,(H,22,24). The highest BCUT2D eigenvalue weighted by Gasteiger charge is 2.17. The van der Waals surface area contributed by atoms with Crippen LogP contribution in [-0.4, -0.2) is 37.2 Å². The summed E-state index contributed by atoms with van der Waals surface area (Å²) in [4.78, 5) is 23.0. The minimum Gasteiger partial charge on any atom is -0.464 e. The molecule has 0 saturated carbocycles. The summed E-state index contributed by atoms with van der Waals surface area (Å²) in [5.74, 6) is -0.207. The van der Waals surface area contributed by atoms with Gasteiger partial charge in [-0.25, -0.2) is 9.59 Å². The van der Waals surface area contributed by atoms with E-state index in [1.807, 2.05) is 0 Å². The van der Waals surface area contributed by atoms with E-state index in [2.05, 4.69) is 12.2 Å². The number of carbonyl (C=O) groups excluding carboxylic acids is 2. The van der Waals surface area contributed by atoms with Crippen molar-refractivity contribution in [3.05, 3.63) is 0 Å². The van der Waals surface area contributed by atoms with E-state index < -0.39 is 18.1 Å². The quantitative estimate of drug-likeness (QED) is 0.199. The van der Waals surface area contributed by atoms with Gasteiger partial charge < -0.3 is 14.8 Å². The maximum absolute atomic E-state index is 11.7. The van der Waals surface area contributed by atoms with Crippen molar-refractivity contribution in [3.8, 4) is 0 Å². The fourth-order valence-electron chi connectivity index (χ4n) is 2.65. The van der Waals surface area contributed by atoms with Crippen LogP contribution in [0.2, 0.25) is 0 Å². The topological polar surface area (TPSA) is 64.6 Å². The van der Waals surface area contributed by atoms with Crippen molar-refractivity contribution in [1.82, 2.24) is 5.32 Å². The molecule has 6 heteroatoms. The second-order valence-corrected chi connectivity index (χ2v) is 7.13. The van der Waals surface area contributed by atoms with Crippen LogP contribution in [0.15, 0.2) is 0 Å². The maximum atomic E-state index is 11.7. The molecular formula is C20H38ClNO4. The lowest BCUT2D eigenvalue weighted by Crippen LogP contribution is -2.40. The molecule has 0 aromatic carbocycles. The van der Waals surface area contributed by atoms with Crippen molar-refractivity contribution in [2.75, 3.05) is 19.1 Å². The zero-order valence-corrected chi connectivity index (χ0v) is 17.5. The van der Waals surface area contributed by atoms with Gasteiger partial charge in [0.05, 0.1) is 12.5 Å². The van der Waals surface area contributed by atoms with Gasteiger partial charge in [-0.1, -0.05) is 77.6 Å². The van der Waals surface area contributed by atoms with Crippen LogP contribution in [0.3, 0.4) is 0 Å². The molecule has 0 aliphatic heterocycles. The number of ether oxygens (including phenoxy) is 2. The van der Waals surface area contributed by atoms with Crippen LogP contribution in [0.1, 0.15) is 90.9 Å². The van der Waals surface area contributed by atoms with E-state index in [0.717, 1.165) is 12.8 Å². The van der Waals surface area contributed by atoms with E-state index in [9.17, 15) is 9.59 Å². The molecule has 0 aliphatic rings. The Balaban J connectivity index is 3.38. The average Bonchev–Trinajstić information content (AvgIpc) is 2.63. The van der Waals surface area contributed by atoms with E-state index in [0.29, 0.717) is 6.61 Å². The number of hydrogen-bond donors (Lipinski definition) is 1. The largest absolute Gasteiger partial charge is 0.464 e. The lowest BCUT2D eigenvalue weighted by Gasteiger charge is -2.13. The molecule has 1 N–H and O–H groups in total. The summed E-state index contributed by atoms with van der Waals surface area (Å²) in [6.45, 7) is 4.35. The molecule has 0 saturated heterocycles. The Morgan fingerprint density at radius 3 is 1.81 bits per heavy atom. The minimum atomic E-state index is -0.713. The molecule has 0 bridgehead atoms. The predicted molar refractivity (Wildman–Crippen MR) is 107 cm³/mol. The number of rotatable bonds is 17. The number of amides is 1. The van der Waals surface area contributed by atoms with Crippen molar-refractivity contribution in [2.45, 2.75) is 96.9 Å². The Hall–Kier alpha value is -0.970. The number of hydrogen-bond acceptors (Lipinski definition) is 4. The fourth-order valence-corrected chi connectivity index (χ4v) is 2.73. The number of esters is 1. The zero-order chi connectivity index (χ0) is 19.5. The summed E-state index contributed by atoms with van der Waals surface area (Å²) >= 11 is 5.42. The monoisotopic (exact) mass is 391 g/mol. The number of unbranched alkanes of at least 4 members (excludes halogenated alkanes) is 11. The van der Waals surface area contributed by atoms with Crippen LogP contribution in [0.5, 0.6) is 0 Å². The Labute approximate surface area is 164 Å². The van der Waals surface area contributed by atoms with Crippen LogP contribution >= 0.6 is 11.6 Å². The average molecular weight is 392 g/mol. The molecule has 0 rings (SSSR count). The highest BCUT2D eigenvalue weighted by molar-refractivity contribution is 6.18. The second kappa shape index (κ2) is 18.8. The molecular weight excluding hydrogens is 354 g/mol. The number of nitrogens with one attached hydrogen (secondary N) is 1. The first-order valence-electron chi connectivity index (χ1n) is 10.3. The van der Waals surface area contributed by atoms with Gasteiger partial charge in [-0.3, -0.25) is 0 Å². The van der Waals surface area contributed by atoms with Gasteiger partial charge >= 0.3 is 12.1 Å². The molecule has 0 aromatic rings. The molecule has 1 unspecified atom stereocenters. The smallest absolute Gasteiger partial charge is 0.407 e. The van der Waals surface area contributed by atoms with Crippen LogP contribution in [0.25, 0.3) is 0 Å². The third kappa shape index (κ3) is 16.5. The van der Waals surface area contributed by atoms with E-state index >= 15 is 0 Å². The SMILES string of the molecule is CCCCCCCCCCCCCCOC(=O)C(C)NC(=O)OCCCl. The third-order valence-electron chi connectivity index (χ3n) is 4.24. The van der Waals surface area contributed by atoms with Crippen LogP contribution in [0, 0.1) is 0 Å². The van der Waals surface area contributed by atoms with Crippen LogP contribution in [0.4, 0.5) is 4.79 Å².